The maximum Gasteiger partial charge on any atom is 0.0239 e. The van der Waals surface area contributed by atoms with E-state index in [2.05, 4.69) is 40.5 Å². The molecule has 3 rings (SSSR count). The summed E-state index contributed by atoms with van der Waals surface area (Å²) < 4.78 is 0. The molecule has 1 aliphatic heterocycles. The minimum Gasteiger partial charge on any atom is -0.317 e. The summed E-state index contributed by atoms with van der Waals surface area (Å²) in [6.07, 6.45) is 6.86. The lowest BCUT2D eigenvalue weighted by atomic mass is 10.1. The van der Waals surface area contributed by atoms with E-state index in [1.165, 1.54) is 50.8 Å². The minimum absolute atomic E-state index is 0.799. The lowest BCUT2D eigenvalue weighted by molar-refractivity contribution is 0.163. The third-order valence-corrected chi connectivity index (χ3v) is 4.24. The summed E-state index contributed by atoms with van der Waals surface area (Å²) in [6, 6.07) is 12.6. The molecule has 2 nitrogen and oxygen atoms in total. The van der Waals surface area contributed by atoms with Gasteiger partial charge in [-0.3, -0.25) is 4.90 Å². The van der Waals surface area contributed by atoms with Gasteiger partial charge in [-0.2, -0.15) is 0 Å². The average Bonchev–Trinajstić information content (AvgIpc) is 3.24. The molecule has 1 unspecified atom stereocenters. The van der Waals surface area contributed by atoms with Crippen LogP contribution in [0.3, 0.4) is 0 Å². The third kappa shape index (κ3) is 3.12. The van der Waals surface area contributed by atoms with E-state index in [-0.39, 0.29) is 0 Å². The van der Waals surface area contributed by atoms with Crippen molar-refractivity contribution in [1.82, 2.24) is 10.2 Å². The fraction of sp³-hybridized carbons (Fsp3) is 0.625. The molecule has 0 radical (unpaired) electrons. The molecule has 2 fully saturated rings. The van der Waals surface area contributed by atoms with Crippen LogP contribution >= 0.6 is 0 Å². The Balaban J connectivity index is 1.67. The van der Waals surface area contributed by atoms with Crippen molar-refractivity contribution in [3.63, 3.8) is 0 Å². The predicted molar refractivity (Wildman–Crippen MR) is 75.5 cm³/mol. The lowest BCUT2D eigenvalue weighted by Crippen LogP contribution is -2.37. The van der Waals surface area contributed by atoms with Crippen LogP contribution in [0.5, 0.6) is 0 Å². The summed E-state index contributed by atoms with van der Waals surface area (Å²) in [4.78, 5) is 2.78. The topological polar surface area (TPSA) is 15.3 Å². The van der Waals surface area contributed by atoms with Crippen molar-refractivity contribution in [1.29, 1.82) is 0 Å². The number of hydrogen-bond donors (Lipinski definition) is 1. The highest BCUT2D eigenvalue weighted by molar-refractivity contribution is 5.15. The van der Waals surface area contributed by atoms with Crippen molar-refractivity contribution >= 4 is 0 Å². The van der Waals surface area contributed by atoms with Gasteiger partial charge in [0.05, 0.1) is 0 Å². The summed E-state index contributed by atoms with van der Waals surface area (Å²) in [5.41, 5.74) is 1.47. The van der Waals surface area contributed by atoms with E-state index in [0.717, 1.165) is 18.6 Å². The van der Waals surface area contributed by atoms with Crippen molar-refractivity contribution in [2.75, 3.05) is 13.1 Å². The SMILES string of the molecule is c1ccc(CN(C2CCCNCC2)C2CC2)cc1. The first kappa shape index (κ1) is 12.2. The van der Waals surface area contributed by atoms with Crippen LogP contribution in [0.25, 0.3) is 0 Å². The van der Waals surface area contributed by atoms with Crippen LogP contribution < -0.4 is 5.32 Å². The minimum atomic E-state index is 0.799. The van der Waals surface area contributed by atoms with Crippen LogP contribution in [0.15, 0.2) is 30.3 Å². The Kier molecular flexibility index (Phi) is 3.96. The highest BCUT2D eigenvalue weighted by Gasteiger charge is 2.33. The van der Waals surface area contributed by atoms with E-state index >= 15 is 0 Å². The Morgan fingerprint density at radius 2 is 1.72 bits per heavy atom. The van der Waals surface area contributed by atoms with Gasteiger partial charge in [-0.1, -0.05) is 30.3 Å². The van der Waals surface area contributed by atoms with Crippen molar-refractivity contribution in [2.45, 2.75) is 50.7 Å². The van der Waals surface area contributed by atoms with Crippen molar-refractivity contribution in [3.8, 4) is 0 Å². The summed E-state index contributed by atoms with van der Waals surface area (Å²) in [7, 11) is 0. The molecule has 1 saturated heterocycles. The summed E-state index contributed by atoms with van der Waals surface area (Å²) in [5.74, 6) is 0. The van der Waals surface area contributed by atoms with Gasteiger partial charge in [-0.05, 0) is 50.8 Å². The predicted octanol–water partition coefficient (Wildman–Crippen LogP) is 2.79. The molecule has 1 atom stereocenters. The van der Waals surface area contributed by atoms with Crippen LogP contribution in [0.1, 0.15) is 37.7 Å². The maximum atomic E-state index is 3.53. The Labute approximate surface area is 110 Å². The van der Waals surface area contributed by atoms with E-state index in [0.29, 0.717) is 0 Å². The molecule has 1 aliphatic carbocycles. The summed E-state index contributed by atoms with van der Waals surface area (Å²) >= 11 is 0. The standard InChI is InChI=1S/C16H24N2/c1-2-5-14(6-3-1)13-18(16-8-9-16)15-7-4-11-17-12-10-15/h1-3,5-6,15-17H,4,7-13H2. The third-order valence-electron chi connectivity index (χ3n) is 4.24. The summed E-state index contributed by atoms with van der Waals surface area (Å²) in [5, 5.41) is 3.53. The highest BCUT2D eigenvalue weighted by atomic mass is 15.2. The lowest BCUT2D eigenvalue weighted by Gasteiger charge is -2.31. The Bertz CT molecular complexity index is 351. The number of rotatable bonds is 4. The molecule has 2 heteroatoms. The van der Waals surface area contributed by atoms with E-state index in [1.54, 1.807) is 0 Å². The second-order valence-corrected chi connectivity index (χ2v) is 5.72. The molecule has 0 spiro atoms. The van der Waals surface area contributed by atoms with Gasteiger partial charge in [0.1, 0.15) is 0 Å². The smallest absolute Gasteiger partial charge is 0.0239 e. The number of nitrogens with zero attached hydrogens (tertiary/aromatic N) is 1. The van der Waals surface area contributed by atoms with Gasteiger partial charge < -0.3 is 5.32 Å². The average molecular weight is 244 g/mol. The van der Waals surface area contributed by atoms with E-state index < -0.39 is 0 Å². The molecule has 1 aromatic rings. The molecular formula is C16H24N2. The molecule has 0 bridgehead atoms. The van der Waals surface area contributed by atoms with Crippen LogP contribution in [0.2, 0.25) is 0 Å². The van der Waals surface area contributed by atoms with Gasteiger partial charge in [0.2, 0.25) is 0 Å². The first-order valence-corrected chi connectivity index (χ1v) is 7.44. The fourth-order valence-electron chi connectivity index (χ4n) is 3.09. The van der Waals surface area contributed by atoms with Crippen LogP contribution in [0, 0.1) is 0 Å². The van der Waals surface area contributed by atoms with Crippen LogP contribution in [-0.2, 0) is 6.54 Å². The molecule has 0 amide bonds. The zero-order valence-electron chi connectivity index (χ0n) is 11.1. The van der Waals surface area contributed by atoms with Gasteiger partial charge in [-0.15, -0.1) is 0 Å². The highest BCUT2D eigenvalue weighted by Crippen LogP contribution is 2.32. The van der Waals surface area contributed by atoms with Gasteiger partial charge in [-0.25, -0.2) is 0 Å². The Morgan fingerprint density at radius 3 is 2.50 bits per heavy atom. The Morgan fingerprint density at radius 1 is 0.944 bits per heavy atom. The molecule has 1 aromatic carbocycles. The number of hydrogen-bond acceptors (Lipinski definition) is 2. The van der Waals surface area contributed by atoms with Crippen LogP contribution in [-0.4, -0.2) is 30.1 Å². The van der Waals surface area contributed by atoms with Crippen molar-refractivity contribution < 1.29 is 0 Å². The first-order valence-electron chi connectivity index (χ1n) is 7.44. The van der Waals surface area contributed by atoms with Gasteiger partial charge in [0, 0.05) is 18.6 Å². The van der Waals surface area contributed by atoms with Gasteiger partial charge in [0.15, 0.2) is 0 Å². The molecule has 1 heterocycles. The Hall–Kier alpha value is -0.860. The van der Waals surface area contributed by atoms with Crippen molar-refractivity contribution in [3.05, 3.63) is 35.9 Å². The monoisotopic (exact) mass is 244 g/mol. The van der Waals surface area contributed by atoms with E-state index in [4.69, 9.17) is 0 Å². The van der Waals surface area contributed by atoms with E-state index in [9.17, 15) is 0 Å². The largest absolute Gasteiger partial charge is 0.317 e. The van der Waals surface area contributed by atoms with E-state index in [1.807, 2.05) is 0 Å². The van der Waals surface area contributed by atoms with Gasteiger partial charge >= 0.3 is 0 Å². The molecule has 1 N–H and O–H groups in total. The molecule has 98 valence electrons. The molecule has 2 aliphatic rings. The molecular weight excluding hydrogens is 220 g/mol. The normalized spacial score (nSPS) is 25.1. The molecule has 0 aromatic heterocycles. The molecule has 18 heavy (non-hydrogen) atoms. The van der Waals surface area contributed by atoms with Crippen LogP contribution in [0.4, 0.5) is 0 Å². The first-order chi connectivity index (χ1) is 8.93. The fourth-order valence-corrected chi connectivity index (χ4v) is 3.09. The zero-order chi connectivity index (χ0) is 12.2. The quantitative estimate of drug-likeness (QED) is 0.876. The number of nitrogens with one attached hydrogen (secondary N) is 1. The summed E-state index contributed by atoms with van der Waals surface area (Å²) in [6.45, 7) is 3.55. The second kappa shape index (κ2) is 5.85. The zero-order valence-corrected chi connectivity index (χ0v) is 11.1. The number of benzene rings is 1. The van der Waals surface area contributed by atoms with Gasteiger partial charge in [0.25, 0.3) is 0 Å². The van der Waals surface area contributed by atoms with Crippen molar-refractivity contribution in [2.24, 2.45) is 0 Å². The molecule has 1 saturated carbocycles. The maximum absolute atomic E-state index is 3.53. The second-order valence-electron chi connectivity index (χ2n) is 5.72.